The molecule has 1 aliphatic rings. The number of aromatic nitrogens is 3. The minimum absolute atomic E-state index is 0.00566. The molecule has 0 saturated carbocycles. The zero-order chi connectivity index (χ0) is 18.0. The molecule has 8 nitrogen and oxygen atoms in total. The van der Waals surface area contributed by atoms with Crippen molar-refractivity contribution in [3.8, 4) is 5.88 Å². The number of carbonyl (C=O) groups excluding carboxylic acids is 1. The van der Waals surface area contributed by atoms with Gasteiger partial charge in [0.2, 0.25) is 11.8 Å². The molecule has 134 valence electrons. The van der Waals surface area contributed by atoms with Gasteiger partial charge in [-0.2, -0.15) is 14.5 Å². The highest BCUT2D eigenvalue weighted by Gasteiger charge is 2.26. The summed E-state index contributed by atoms with van der Waals surface area (Å²) in [7, 11) is 1.39. The first-order valence-electron chi connectivity index (χ1n) is 7.93. The summed E-state index contributed by atoms with van der Waals surface area (Å²) in [5, 5.41) is 7.34. The van der Waals surface area contributed by atoms with Crippen molar-refractivity contribution >= 4 is 17.4 Å². The van der Waals surface area contributed by atoms with Gasteiger partial charge in [0, 0.05) is 30.6 Å². The average Bonchev–Trinajstić information content (AvgIpc) is 2.98. The van der Waals surface area contributed by atoms with Crippen molar-refractivity contribution in [2.75, 3.05) is 25.6 Å². The highest BCUT2D eigenvalue weighted by atomic mass is 19.1. The summed E-state index contributed by atoms with van der Waals surface area (Å²) in [5.74, 6) is -0.633. The molecule has 2 atom stereocenters. The molecule has 2 aromatic heterocycles. The van der Waals surface area contributed by atoms with Crippen molar-refractivity contribution in [3.63, 3.8) is 0 Å². The number of rotatable bonds is 5. The second-order valence-corrected chi connectivity index (χ2v) is 5.99. The number of hydrogen-bond donors (Lipinski definition) is 2. The molecule has 1 fully saturated rings. The van der Waals surface area contributed by atoms with Crippen molar-refractivity contribution in [1.82, 2.24) is 14.8 Å². The van der Waals surface area contributed by atoms with Crippen molar-refractivity contribution in [1.29, 1.82) is 0 Å². The molecule has 25 heavy (non-hydrogen) atoms. The Morgan fingerprint density at radius 1 is 1.52 bits per heavy atom. The van der Waals surface area contributed by atoms with Gasteiger partial charge in [-0.1, -0.05) is 6.92 Å². The number of hydrogen-bond acceptors (Lipinski definition) is 6. The average molecular weight is 349 g/mol. The predicted octanol–water partition coefficient (Wildman–Crippen LogP) is 1.87. The molecule has 0 aliphatic carbocycles. The Balaban J connectivity index is 1.92. The molecule has 1 aliphatic heterocycles. The van der Waals surface area contributed by atoms with Gasteiger partial charge in [0.05, 0.1) is 19.8 Å². The van der Waals surface area contributed by atoms with Crippen LogP contribution in [0.3, 0.4) is 0 Å². The van der Waals surface area contributed by atoms with Crippen LogP contribution in [0.2, 0.25) is 0 Å². The van der Waals surface area contributed by atoms with Gasteiger partial charge in [-0.05, 0) is 12.3 Å². The van der Waals surface area contributed by atoms with E-state index in [0.29, 0.717) is 24.8 Å². The van der Waals surface area contributed by atoms with Crippen LogP contribution in [-0.4, -0.2) is 41.0 Å². The number of methoxy groups -OCH3 is 1. The molecule has 0 spiro atoms. The van der Waals surface area contributed by atoms with Crippen LogP contribution in [0, 0.1) is 11.9 Å². The summed E-state index contributed by atoms with van der Waals surface area (Å²) < 4.78 is 25.7. The van der Waals surface area contributed by atoms with Crippen molar-refractivity contribution < 1.29 is 18.7 Å². The molecule has 3 heterocycles. The Morgan fingerprint density at radius 3 is 3.00 bits per heavy atom. The third-order valence-corrected chi connectivity index (χ3v) is 4.24. The lowest BCUT2D eigenvalue weighted by Crippen LogP contribution is -2.28. The van der Waals surface area contributed by atoms with E-state index in [-0.39, 0.29) is 23.3 Å². The van der Waals surface area contributed by atoms with Crippen LogP contribution in [0.5, 0.6) is 5.88 Å². The van der Waals surface area contributed by atoms with E-state index in [4.69, 9.17) is 15.2 Å². The van der Waals surface area contributed by atoms with Crippen LogP contribution in [0.4, 0.5) is 15.9 Å². The van der Waals surface area contributed by atoms with Gasteiger partial charge in [0.25, 0.3) is 5.91 Å². The number of anilines is 2. The molecule has 0 unspecified atom stereocenters. The molecule has 3 N–H and O–H groups in total. The molecular weight excluding hydrogens is 329 g/mol. The lowest BCUT2D eigenvalue weighted by atomic mass is 9.97. The van der Waals surface area contributed by atoms with E-state index in [0.717, 1.165) is 6.42 Å². The van der Waals surface area contributed by atoms with Crippen molar-refractivity contribution in [3.05, 3.63) is 29.8 Å². The van der Waals surface area contributed by atoms with Gasteiger partial charge in [0.1, 0.15) is 5.56 Å². The molecule has 2 aromatic rings. The summed E-state index contributed by atoms with van der Waals surface area (Å²) >= 11 is 0. The minimum atomic E-state index is -0.712. The van der Waals surface area contributed by atoms with Gasteiger partial charge in [-0.25, -0.2) is 0 Å². The topological polar surface area (TPSA) is 104 Å². The fraction of sp³-hybridized carbons (Fsp3) is 0.438. The molecule has 1 amide bonds. The standard InChI is InChI=1S/C16H20FN5O3/c1-9-3-4-25-8-12(9)22-7-11(15(18)23)16(21-22)19-10-5-13(17)20-14(6-10)24-2/h5-7,9,12H,3-4,8H2,1-2H3,(H2,18,23)(H,19,20,21)/t9-,12-/m0/s1. The van der Waals surface area contributed by atoms with E-state index in [1.807, 2.05) is 0 Å². The maximum atomic E-state index is 13.6. The number of pyridine rings is 1. The maximum absolute atomic E-state index is 13.6. The second-order valence-electron chi connectivity index (χ2n) is 5.99. The maximum Gasteiger partial charge on any atom is 0.254 e. The Morgan fingerprint density at radius 2 is 2.32 bits per heavy atom. The van der Waals surface area contributed by atoms with Gasteiger partial charge < -0.3 is 20.5 Å². The van der Waals surface area contributed by atoms with Gasteiger partial charge in [-0.15, -0.1) is 0 Å². The fourth-order valence-corrected chi connectivity index (χ4v) is 2.79. The summed E-state index contributed by atoms with van der Waals surface area (Å²) in [6.45, 7) is 3.33. The number of carbonyl (C=O) groups is 1. The molecule has 0 aromatic carbocycles. The number of halogens is 1. The van der Waals surface area contributed by atoms with E-state index in [2.05, 4.69) is 22.3 Å². The first kappa shape index (κ1) is 17.2. The summed E-state index contributed by atoms with van der Waals surface area (Å²) in [6.07, 6.45) is 2.50. The highest BCUT2D eigenvalue weighted by Crippen LogP contribution is 2.29. The zero-order valence-corrected chi connectivity index (χ0v) is 14.0. The SMILES string of the molecule is COc1cc(Nc2nn([C@H]3COCC[C@@H]3C)cc2C(N)=O)cc(F)n1. The van der Waals surface area contributed by atoms with E-state index >= 15 is 0 Å². The fourth-order valence-electron chi connectivity index (χ4n) is 2.79. The summed E-state index contributed by atoms with van der Waals surface area (Å²) in [6, 6.07) is 2.68. The molecule has 0 bridgehead atoms. The van der Waals surface area contributed by atoms with E-state index < -0.39 is 11.9 Å². The Hall–Kier alpha value is -2.68. The molecule has 0 radical (unpaired) electrons. The van der Waals surface area contributed by atoms with Gasteiger partial charge in [0.15, 0.2) is 5.82 Å². The Labute approximate surface area is 144 Å². The van der Waals surface area contributed by atoms with Crippen LogP contribution in [0.15, 0.2) is 18.3 Å². The van der Waals surface area contributed by atoms with Crippen molar-refractivity contribution in [2.24, 2.45) is 11.7 Å². The Bertz CT molecular complexity index is 779. The first-order chi connectivity index (χ1) is 12.0. The number of nitrogens with zero attached hydrogens (tertiary/aromatic N) is 3. The molecule has 3 rings (SSSR count). The molecule has 1 saturated heterocycles. The minimum Gasteiger partial charge on any atom is -0.481 e. The highest BCUT2D eigenvalue weighted by molar-refractivity contribution is 5.98. The quantitative estimate of drug-likeness (QED) is 0.799. The normalized spacial score (nSPS) is 20.3. The number of nitrogens with one attached hydrogen (secondary N) is 1. The summed E-state index contributed by atoms with van der Waals surface area (Å²) in [4.78, 5) is 15.3. The van der Waals surface area contributed by atoms with E-state index in [9.17, 15) is 9.18 Å². The third-order valence-electron chi connectivity index (χ3n) is 4.24. The van der Waals surface area contributed by atoms with E-state index in [1.54, 1.807) is 10.9 Å². The van der Waals surface area contributed by atoms with Crippen molar-refractivity contribution in [2.45, 2.75) is 19.4 Å². The van der Waals surface area contributed by atoms with Crippen LogP contribution in [0.1, 0.15) is 29.7 Å². The monoisotopic (exact) mass is 349 g/mol. The van der Waals surface area contributed by atoms with Gasteiger partial charge >= 0.3 is 0 Å². The smallest absolute Gasteiger partial charge is 0.254 e. The lowest BCUT2D eigenvalue weighted by molar-refractivity contribution is 0.0238. The molecule has 9 heteroatoms. The molecular formula is C16H20FN5O3. The lowest BCUT2D eigenvalue weighted by Gasteiger charge is -2.28. The first-order valence-corrected chi connectivity index (χ1v) is 7.93. The van der Waals surface area contributed by atoms with Crippen LogP contribution in [0.25, 0.3) is 0 Å². The van der Waals surface area contributed by atoms with Gasteiger partial charge in [-0.3, -0.25) is 9.48 Å². The number of primary amides is 1. The Kier molecular flexibility index (Phi) is 4.84. The van der Waals surface area contributed by atoms with Crippen LogP contribution >= 0.6 is 0 Å². The second kappa shape index (κ2) is 7.06. The third kappa shape index (κ3) is 3.71. The number of nitrogens with two attached hydrogens (primary N) is 1. The zero-order valence-electron chi connectivity index (χ0n) is 14.0. The number of amides is 1. The van der Waals surface area contributed by atoms with Crippen LogP contribution in [-0.2, 0) is 4.74 Å². The van der Waals surface area contributed by atoms with Crippen LogP contribution < -0.4 is 15.8 Å². The predicted molar refractivity (Wildman–Crippen MR) is 88.4 cm³/mol. The summed E-state index contributed by atoms with van der Waals surface area (Å²) in [5.41, 5.74) is 6.03. The van der Waals surface area contributed by atoms with E-state index in [1.165, 1.54) is 19.2 Å². The number of ether oxygens (including phenoxy) is 2. The largest absolute Gasteiger partial charge is 0.481 e.